The lowest BCUT2D eigenvalue weighted by Gasteiger charge is -2.32. The number of hydrogen-bond donors (Lipinski definition) is 0. The summed E-state index contributed by atoms with van der Waals surface area (Å²) < 4.78 is 5.34. The molecule has 2 aliphatic heterocycles. The van der Waals surface area contributed by atoms with Crippen LogP contribution in [0.5, 0.6) is 0 Å². The van der Waals surface area contributed by atoms with Crippen LogP contribution in [-0.2, 0) is 4.79 Å². The lowest BCUT2D eigenvalue weighted by Crippen LogP contribution is -2.39. The average molecular weight is 340 g/mol. The van der Waals surface area contributed by atoms with Gasteiger partial charge in [-0.25, -0.2) is 0 Å². The Balaban J connectivity index is 1.30. The van der Waals surface area contributed by atoms with Crippen LogP contribution in [0, 0.1) is 5.92 Å². The predicted molar refractivity (Wildman–Crippen MR) is 95.3 cm³/mol. The van der Waals surface area contributed by atoms with Crippen LogP contribution in [0.1, 0.15) is 42.5 Å². The zero-order valence-corrected chi connectivity index (χ0v) is 14.4. The van der Waals surface area contributed by atoms with E-state index in [2.05, 4.69) is 0 Å². The molecule has 0 spiro atoms. The molecule has 2 aromatic rings. The van der Waals surface area contributed by atoms with E-state index in [-0.39, 0.29) is 5.91 Å². The molecule has 0 aliphatic carbocycles. The van der Waals surface area contributed by atoms with E-state index in [1.807, 2.05) is 34.1 Å². The number of furan rings is 1. The number of fused-ring (bicyclic) bond motifs is 1. The van der Waals surface area contributed by atoms with Crippen molar-refractivity contribution in [2.75, 3.05) is 26.2 Å². The molecule has 0 bridgehead atoms. The molecule has 4 rings (SSSR count). The van der Waals surface area contributed by atoms with Crippen LogP contribution in [0.3, 0.4) is 0 Å². The van der Waals surface area contributed by atoms with E-state index in [9.17, 15) is 9.59 Å². The highest BCUT2D eigenvalue weighted by Gasteiger charge is 2.26. The molecule has 2 saturated heterocycles. The highest BCUT2D eigenvalue weighted by molar-refractivity contribution is 5.97. The van der Waals surface area contributed by atoms with Gasteiger partial charge in [0.2, 0.25) is 5.91 Å². The molecular weight excluding hydrogens is 316 g/mol. The van der Waals surface area contributed by atoms with Gasteiger partial charge in [-0.05, 0) is 55.9 Å². The van der Waals surface area contributed by atoms with E-state index >= 15 is 0 Å². The number of rotatable bonds is 4. The molecule has 1 aromatic heterocycles. The van der Waals surface area contributed by atoms with Crippen molar-refractivity contribution in [1.82, 2.24) is 9.80 Å². The number of carbonyl (C=O) groups is 2. The maximum Gasteiger partial charge on any atom is 0.253 e. The predicted octanol–water partition coefficient (Wildman–Crippen LogP) is 3.30. The van der Waals surface area contributed by atoms with Crippen LogP contribution in [0.4, 0.5) is 0 Å². The lowest BCUT2D eigenvalue weighted by molar-refractivity contribution is -0.127. The van der Waals surface area contributed by atoms with Crippen molar-refractivity contribution >= 4 is 22.8 Å². The molecule has 0 atom stereocenters. The second-order valence-electron chi connectivity index (χ2n) is 7.18. The molecular formula is C20H24N2O3. The first-order valence-electron chi connectivity index (χ1n) is 9.25. The number of nitrogens with zero attached hydrogens (tertiary/aromatic N) is 2. The topological polar surface area (TPSA) is 53.8 Å². The molecule has 25 heavy (non-hydrogen) atoms. The Morgan fingerprint density at radius 1 is 1.16 bits per heavy atom. The molecule has 2 fully saturated rings. The summed E-state index contributed by atoms with van der Waals surface area (Å²) in [5.74, 6) is 1.03. The largest absolute Gasteiger partial charge is 0.464 e. The van der Waals surface area contributed by atoms with Gasteiger partial charge < -0.3 is 14.2 Å². The highest BCUT2D eigenvalue weighted by Crippen LogP contribution is 2.24. The number of piperidine rings is 1. The number of carbonyl (C=O) groups excluding carboxylic acids is 2. The van der Waals surface area contributed by atoms with E-state index in [0.29, 0.717) is 18.2 Å². The summed E-state index contributed by atoms with van der Waals surface area (Å²) >= 11 is 0. The molecule has 0 unspecified atom stereocenters. The molecule has 3 heterocycles. The number of amides is 2. The second kappa shape index (κ2) is 6.90. The molecule has 5 nitrogen and oxygen atoms in total. The summed E-state index contributed by atoms with van der Waals surface area (Å²) in [4.78, 5) is 28.4. The van der Waals surface area contributed by atoms with Gasteiger partial charge in [-0.2, -0.15) is 0 Å². The number of benzene rings is 1. The Hall–Kier alpha value is -2.30. The van der Waals surface area contributed by atoms with Gasteiger partial charge in [-0.1, -0.05) is 0 Å². The summed E-state index contributed by atoms with van der Waals surface area (Å²) in [6, 6.07) is 7.51. The maximum absolute atomic E-state index is 12.7. The van der Waals surface area contributed by atoms with Crippen molar-refractivity contribution in [3.05, 3.63) is 36.1 Å². The van der Waals surface area contributed by atoms with E-state index in [0.717, 1.165) is 68.4 Å². The van der Waals surface area contributed by atoms with E-state index in [1.165, 1.54) is 0 Å². The van der Waals surface area contributed by atoms with Crippen LogP contribution in [0.15, 0.2) is 34.9 Å². The smallest absolute Gasteiger partial charge is 0.253 e. The zero-order valence-electron chi connectivity index (χ0n) is 14.4. The van der Waals surface area contributed by atoms with Gasteiger partial charge in [0, 0.05) is 43.5 Å². The Morgan fingerprint density at radius 2 is 2.00 bits per heavy atom. The minimum Gasteiger partial charge on any atom is -0.464 e. The fourth-order valence-electron chi connectivity index (χ4n) is 3.99. The van der Waals surface area contributed by atoms with E-state index in [4.69, 9.17) is 4.42 Å². The molecule has 1 aromatic carbocycles. The Labute approximate surface area is 147 Å². The van der Waals surface area contributed by atoms with Crippen molar-refractivity contribution in [3.63, 3.8) is 0 Å². The van der Waals surface area contributed by atoms with Crippen LogP contribution in [-0.4, -0.2) is 47.8 Å². The standard InChI is InChI=1S/C20H24N2O3/c23-19-2-1-9-21(19)10-5-15-6-11-22(12-7-15)20(24)17-3-4-18-16(14-17)8-13-25-18/h3-4,8,13-15H,1-2,5-7,9-12H2. The molecule has 5 heteroatoms. The van der Waals surface area contributed by atoms with Gasteiger partial charge in [0.15, 0.2) is 0 Å². The monoisotopic (exact) mass is 340 g/mol. The first-order valence-corrected chi connectivity index (χ1v) is 9.25. The van der Waals surface area contributed by atoms with Crippen molar-refractivity contribution < 1.29 is 14.0 Å². The van der Waals surface area contributed by atoms with Gasteiger partial charge in [0.05, 0.1) is 6.26 Å². The number of likely N-dealkylation sites (tertiary alicyclic amines) is 2. The summed E-state index contributed by atoms with van der Waals surface area (Å²) in [6.45, 7) is 3.42. The third-order valence-electron chi connectivity index (χ3n) is 5.58. The van der Waals surface area contributed by atoms with Gasteiger partial charge >= 0.3 is 0 Å². The van der Waals surface area contributed by atoms with Gasteiger partial charge in [0.1, 0.15) is 5.58 Å². The van der Waals surface area contributed by atoms with Crippen LogP contribution in [0.2, 0.25) is 0 Å². The van der Waals surface area contributed by atoms with Crippen molar-refractivity contribution in [3.8, 4) is 0 Å². The normalized spacial score (nSPS) is 19.1. The lowest BCUT2D eigenvalue weighted by atomic mass is 9.93. The summed E-state index contributed by atoms with van der Waals surface area (Å²) in [6.07, 6.45) is 6.49. The Kier molecular flexibility index (Phi) is 4.47. The van der Waals surface area contributed by atoms with Crippen LogP contribution in [0.25, 0.3) is 11.0 Å². The van der Waals surface area contributed by atoms with Crippen molar-refractivity contribution in [2.45, 2.75) is 32.1 Å². The van der Waals surface area contributed by atoms with Crippen LogP contribution >= 0.6 is 0 Å². The first-order chi connectivity index (χ1) is 12.2. The molecule has 2 amide bonds. The Morgan fingerprint density at radius 3 is 2.76 bits per heavy atom. The third kappa shape index (κ3) is 3.41. The van der Waals surface area contributed by atoms with Crippen LogP contribution < -0.4 is 0 Å². The molecule has 0 N–H and O–H groups in total. The SMILES string of the molecule is O=C1CCCN1CCC1CCN(C(=O)c2ccc3occc3c2)CC1. The van der Waals surface area contributed by atoms with Gasteiger partial charge in [0.25, 0.3) is 5.91 Å². The molecule has 0 saturated carbocycles. The average Bonchev–Trinajstić information content (AvgIpc) is 3.27. The van der Waals surface area contributed by atoms with E-state index in [1.54, 1.807) is 6.26 Å². The minimum absolute atomic E-state index is 0.108. The number of hydrogen-bond acceptors (Lipinski definition) is 3. The van der Waals surface area contributed by atoms with E-state index < -0.39 is 0 Å². The zero-order chi connectivity index (χ0) is 17.2. The summed E-state index contributed by atoms with van der Waals surface area (Å²) in [5.41, 5.74) is 1.54. The van der Waals surface area contributed by atoms with Gasteiger partial charge in [-0.3, -0.25) is 9.59 Å². The molecule has 0 radical (unpaired) electrons. The molecule has 2 aliphatic rings. The summed E-state index contributed by atoms with van der Waals surface area (Å²) in [7, 11) is 0. The minimum atomic E-state index is 0.108. The maximum atomic E-state index is 12.7. The Bertz CT molecular complexity index is 774. The second-order valence-corrected chi connectivity index (χ2v) is 7.18. The first kappa shape index (κ1) is 16.2. The van der Waals surface area contributed by atoms with Crippen molar-refractivity contribution in [1.29, 1.82) is 0 Å². The highest BCUT2D eigenvalue weighted by atomic mass is 16.3. The quantitative estimate of drug-likeness (QED) is 0.858. The fraction of sp³-hybridized carbons (Fsp3) is 0.500. The van der Waals surface area contributed by atoms with Gasteiger partial charge in [-0.15, -0.1) is 0 Å². The third-order valence-corrected chi connectivity index (χ3v) is 5.58. The molecule has 132 valence electrons. The van der Waals surface area contributed by atoms with Crippen molar-refractivity contribution in [2.24, 2.45) is 5.92 Å². The summed E-state index contributed by atoms with van der Waals surface area (Å²) in [5, 5.41) is 0.969. The fourth-order valence-corrected chi connectivity index (χ4v) is 3.99.